The van der Waals surface area contributed by atoms with E-state index in [0.29, 0.717) is 11.1 Å². The third kappa shape index (κ3) is 4.90. The number of hydrogen-bond donors (Lipinski definition) is 2. The zero-order valence-electron chi connectivity index (χ0n) is 17.3. The molecule has 6 nitrogen and oxygen atoms in total. The maximum atomic E-state index is 13.8. The van der Waals surface area contributed by atoms with Gasteiger partial charge in [0.25, 0.3) is 0 Å². The predicted molar refractivity (Wildman–Crippen MR) is 111 cm³/mol. The van der Waals surface area contributed by atoms with Crippen LogP contribution < -0.4 is 4.74 Å². The molecule has 1 aliphatic carbocycles. The number of ether oxygens (including phenoxy) is 1. The summed E-state index contributed by atoms with van der Waals surface area (Å²) in [5.41, 5.74) is -1.94. The highest BCUT2D eigenvalue weighted by Gasteiger charge is 2.43. The number of allylic oxidation sites excluding steroid dienone is 2. The summed E-state index contributed by atoms with van der Waals surface area (Å²) >= 11 is 0. The third-order valence-electron chi connectivity index (χ3n) is 5.41. The number of rotatable bonds is 6. The summed E-state index contributed by atoms with van der Waals surface area (Å²) < 4.78 is 46.8. The Morgan fingerprint density at radius 3 is 2.33 bits per heavy atom. The first-order valence-corrected chi connectivity index (χ1v) is 9.67. The summed E-state index contributed by atoms with van der Waals surface area (Å²) in [6.07, 6.45) is -2.73. The standard InChI is InChI=1S/C24H18F3NO5/c1-23(22(31)32)11-17(21(29)30)6-8-18(23)16-7-9-20(19(10-16)24(25,26)27)33-13-15-4-2-14(12-28)3-5-15/h2-10H,11,13H2,1H3,(H,29,30)(H,31,32). The van der Waals surface area contributed by atoms with Crippen molar-refractivity contribution in [1.82, 2.24) is 0 Å². The van der Waals surface area contributed by atoms with Gasteiger partial charge < -0.3 is 14.9 Å². The van der Waals surface area contributed by atoms with Gasteiger partial charge in [-0.3, -0.25) is 4.79 Å². The Bertz CT molecular complexity index is 1210. The second-order valence-electron chi connectivity index (χ2n) is 7.70. The number of carboxylic acid groups (broad SMARTS) is 2. The molecule has 1 unspecified atom stereocenters. The second kappa shape index (κ2) is 8.82. The molecule has 2 aromatic rings. The molecular formula is C24H18F3NO5. The molecule has 2 aromatic carbocycles. The maximum Gasteiger partial charge on any atom is 0.419 e. The van der Waals surface area contributed by atoms with Gasteiger partial charge >= 0.3 is 18.1 Å². The molecule has 0 spiro atoms. The van der Waals surface area contributed by atoms with Crippen molar-refractivity contribution in [2.45, 2.75) is 26.1 Å². The molecular weight excluding hydrogens is 439 g/mol. The first-order chi connectivity index (χ1) is 15.5. The highest BCUT2D eigenvalue weighted by Crippen LogP contribution is 2.46. The Morgan fingerprint density at radius 2 is 1.79 bits per heavy atom. The average molecular weight is 457 g/mol. The highest BCUT2D eigenvalue weighted by molar-refractivity contribution is 5.98. The summed E-state index contributed by atoms with van der Waals surface area (Å²) in [7, 11) is 0. The average Bonchev–Trinajstić information content (AvgIpc) is 2.77. The van der Waals surface area contributed by atoms with E-state index in [9.17, 15) is 33.0 Å². The van der Waals surface area contributed by atoms with Crippen LogP contribution in [0.2, 0.25) is 0 Å². The minimum atomic E-state index is -4.78. The molecule has 2 N–H and O–H groups in total. The van der Waals surface area contributed by atoms with E-state index < -0.39 is 34.8 Å². The fourth-order valence-corrected chi connectivity index (χ4v) is 3.54. The van der Waals surface area contributed by atoms with Crippen molar-refractivity contribution in [3.8, 4) is 11.8 Å². The number of nitrogens with zero attached hydrogens (tertiary/aromatic N) is 1. The number of carboxylic acids is 2. The molecule has 1 aliphatic rings. The number of benzene rings is 2. The third-order valence-corrected chi connectivity index (χ3v) is 5.41. The molecule has 0 fully saturated rings. The molecule has 0 aliphatic heterocycles. The number of aliphatic carboxylic acids is 2. The van der Waals surface area contributed by atoms with Gasteiger partial charge in [0.05, 0.1) is 22.6 Å². The summed E-state index contributed by atoms with van der Waals surface area (Å²) in [5.74, 6) is -3.08. The molecule has 0 saturated carbocycles. The van der Waals surface area contributed by atoms with Crippen molar-refractivity contribution in [2.75, 3.05) is 0 Å². The molecule has 170 valence electrons. The van der Waals surface area contributed by atoms with Crippen molar-refractivity contribution < 1.29 is 37.7 Å². The van der Waals surface area contributed by atoms with Crippen molar-refractivity contribution in [2.24, 2.45) is 5.41 Å². The summed E-state index contributed by atoms with van der Waals surface area (Å²) in [6, 6.07) is 11.4. The zero-order chi connectivity index (χ0) is 24.4. The van der Waals surface area contributed by atoms with Crippen LogP contribution in [-0.2, 0) is 22.4 Å². The molecule has 0 radical (unpaired) electrons. The van der Waals surface area contributed by atoms with Gasteiger partial charge in [-0.1, -0.05) is 30.4 Å². The van der Waals surface area contributed by atoms with E-state index in [2.05, 4.69) is 0 Å². The van der Waals surface area contributed by atoms with Crippen LogP contribution in [0.5, 0.6) is 5.75 Å². The monoisotopic (exact) mass is 457 g/mol. The van der Waals surface area contributed by atoms with Crippen molar-refractivity contribution in [3.05, 3.63) is 82.4 Å². The minimum Gasteiger partial charge on any atom is -0.488 e. The lowest BCUT2D eigenvalue weighted by Crippen LogP contribution is -2.32. The molecule has 0 amide bonds. The molecule has 3 rings (SSSR count). The molecule has 0 saturated heterocycles. The van der Waals surface area contributed by atoms with E-state index in [0.717, 1.165) is 12.1 Å². The van der Waals surface area contributed by atoms with Crippen LogP contribution >= 0.6 is 0 Å². The normalized spacial score (nSPS) is 18.0. The fourth-order valence-electron chi connectivity index (χ4n) is 3.54. The van der Waals surface area contributed by atoms with Crippen molar-refractivity contribution in [3.63, 3.8) is 0 Å². The Labute approximate surface area is 186 Å². The number of alkyl halides is 3. The van der Waals surface area contributed by atoms with Gasteiger partial charge in [0.1, 0.15) is 12.4 Å². The van der Waals surface area contributed by atoms with E-state index >= 15 is 0 Å². The van der Waals surface area contributed by atoms with E-state index in [-0.39, 0.29) is 29.7 Å². The number of hydrogen-bond acceptors (Lipinski definition) is 4. The van der Waals surface area contributed by atoms with E-state index in [1.807, 2.05) is 6.07 Å². The first-order valence-electron chi connectivity index (χ1n) is 9.67. The number of halogens is 3. The lowest BCUT2D eigenvalue weighted by atomic mass is 9.71. The van der Waals surface area contributed by atoms with Gasteiger partial charge in [-0.25, -0.2) is 4.79 Å². The number of carbonyl (C=O) groups is 2. The topological polar surface area (TPSA) is 108 Å². The van der Waals surface area contributed by atoms with Crippen LogP contribution in [0.15, 0.2) is 60.2 Å². The van der Waals surface area contributed by atoms with E-state index in [1.165, 1.54) is 37.3 Å². The lowest BCUT2D eigenvalue weighted by molar-refractivity contribution is -0.144. The summed E-state index contributed by atoms with van der Waals surface area (Å²) in [4.78, 5) is 23.2. The summed E-state index contributed by atoms with van der Waals surface area (Å²) in [6.45, 7) is 1.11. The van der Waals surface area contributed by atoms with Gasteiger partial charge in [-0.15, -0.1) is 0 Å². The fraction of sp³-hybridized carbons (Fsp3) is 0.208. The number of nitriles is 1. The van der Waals surface area contributed by atoms with Crippen LogP contribution in [0.4, 0.5) is 13.2 Å². The summed E-state index contributed by atoms with van der Waals surface area (Å²) in [5, 5.41) is 27.8. The molecule has 1 atom stereocenters. The smallest absolute Gasteiger partial charge is 0.419 e. The van der Waals surface area contributed by atoms with E-state index in [1.54, 1.807) is 12.1 Å². The van der Waals surface area contributed by atoms with Gasteiger partial charge in [-0.2, -0.15) is 18.4 Å². The Hall–Kier alpha value is -4.06. The first kappa shape index (κ1) is 23.6. The highest BCUT2D eigenvalue weighted by atomic mass is 19.4. The largest absolute Gasteiger partial charge is 0.488 e. The molecule has 0 aromatic heterocycles. The Balaban J connectivity index is 2.00. The minimum absolute atomic E-state index is 0.00126. The van der Waals surface area contributed by atoms with Crippen LogP contribution in [-0.4, -0.2) is 22.2 Å². The van der Waals surface area contributed by atoms with Crippen LogP contribution in [0.25, 0.3) is 5.57 Å². The van der Waals surface area contributed by atoms with Gasteiger partial charge in [0.2, 0.25) is 0 Å². The van der Waals surface area contributed by atoms with Gasteiger partial charge in [0, 0.05) is 5.57 Å². The Kier molecular flexibility index (Phi) is 6.31. The van der Waals surface area contributed by atoms with Gasteiger partial charge in [0.15, 0.2) is 0 Å². The van der Waals surface area contributed by atoms with Crippen LogP contribution in [0.3, 0.4) is 0 Å². The van der Waals surface area contributed by atoms with E-state index in [4.69, 9.17) is 10.00 Å². The van der Waals surface area contributed by atoms with Crippen LogP contribution in [0, 0.1) is 16.7 Å². The molecule has 33 heavy (non-hydrogen) atoms. The quantitative estimate of drug-likeness (QED) is 0.629. The lowest BCUT2D eigenvalue weighted by Gasteiger charge is -2.31. The maximum absolute atomic E-state index is 13.8. The predicted octanol–water partition coefficient (Wildman–Crippen LogP) is 5.05. The van der Waals surface area contributed by atoms with Crippen molar-refractivity contribution in [1.29, 1.82) is 5.26 Å². The second-order valence-corrected chi connectivity index (χ2v) is 7.70. The van der Waals surface area contributed by atoms with Crippen LogP contribution in [0.1, 0.15) is 35.6 Å². The molecule has 0 bridgehead atoms. The Morgan fingerprint density at radius 1 is 1.12 bits per heavy atom. The SMILES string of the molecule is CC1(C(=O)O)CC(C(=O)O)=CC=C1c1ccc(OCc2ccc(C#N)cc2)c(C(F)(F)F)c1. The molecule has 9 heteroatoms. The zero-order valence-corrected chi connectivity index (χ0v) is 17.3. The van der Waals surface area contributed by atoms with Gasteiger partial charge in [-0.05, 0) is 54.3 Å². The molecule has 0 heterocycles. The van der Waals surface area contributed by atoms with Crippen molar-refractivity contribution >= 4 is 17.5 Å².